The number of amides is 2. The molecule has 0 saturated carbocycles. The quantitative estimate of drug-likeness (QED) is 0.386. The van der Waals surface area contributed by atoms with Gasteiger partial charge >= 0.3 is 0 Å². The van der Waals surface area contributed by atoms with Crippen LogP contribution in [0.3, 0.4) is 0 Å². The number of fused-ring (bicyclic) bond motifs is 1. The van der Waals surface area contributed by atoms with Crippen LogP contribution < -0.4 is 16.0 Å². The van der Waals surface area contributed by atoms with Crippen LogP contribution in [-0.4, -0.2) is 57.8 Å². The minimum absolute atomic E-state index is 0.121. The molecule has 1 aliphatic heterocycles. The van der Waals surface area contributed by atoms with Gasteiger partial charge in [0.05, 0.1) is 11.2 Å². The zero-order chi connectivity index (χ0) is 25.9. The van der Waals surface area contributed by atoms with E-state index in [1.54, 1.807) is 47.4 Å². The van der Waals surface area contributed by atoms with Gasteiger partial charge in [0.1, 0.15) is 17.8 Å². The number of hydrogen-bond acceptors (Lipinski definition) is 7. The average Bonchev–Trinajstić information content (AvgIpc) is 2.90. The van der Waals surface area contributed by atoms with Crippen molar-refractivity contribution in [2.24, 2.45) is 0 Å². The summed E-state index contributed by atoms with van der Waals surface area (Å²) in [4.78, 5) is 42.2. The number of halogens is 2. The zero-order valence-corrected chi connectivity index (χ0v) is 20.5. The number of aromatic nitrogens is 3. The lowest BCUT2D eigenvalue weighted by Crippen LogP contribution is -2.49. The van der Waals surface area contributed by atoms with Gasteiger partial charge < -0.3 is 20.9 Å². The first-order valence-corrected chi connectivity index (χ1v) is 12.0. The van der Waals surface area contributed by atoms with Crippen LogP contribution in [0.1, 0.15) is 6.42 Å². The molecule has 0 spiro atoms. The molecule has 0 atom stereocenters. The van der Waals surface area contributed by atoms with Gasteiger partial charge in [0.15, 0.2) is 5.82 Å². The SMILES string of the molecule is Nc1nc(N2CCN(C(=O)CC(=O)Nc3ccc(Cl)cc3)CC2)c2nc(-c3ccc(F)cc3)ccc2n1. The predicted octanol–water partition coefficient (Wildman–Crippen LogP) is 3.74. The topological polar surface area (TPSA) is 117 Å². The lowest BCUT2D eigenvalue weighted by Gasteiger charge is -2.35. The van der Waals surface area contributed by atoms with Crippen molar-refractivity contribution in [3.05, 3.63) is 71.5 Å². The molecular weight excluding hydrogens is 497 g/mol. The van der Waals surface area contributed by atoms with Crippen molar-refractivity contribution < 1.29 is 14.0 Å². The third-order valence-electron chi connectivity index (χ3n) is 6.05. The summed E-state index contributed by atoms with van der Waals surface area (Å²) in [5.74, 6) is -0.275. The van der Waals surface area contributed by atoms with Crippen LogP contribution in [0.5, 0.6) is 0 Å². The molecular formula is C26H23ClFN7O2. The molecule has 37 heavy (non-hydrogen) atoms. The Labute approximate surface area is 217 Å². The molecule has 0 radical (unpaired) electrons. The Kier molecular flexibility index (Phi) is 6.82. The summed E-state index contributed by atoms with van der Waals surface area (Å²) in [5, 5.41) is 3.27. The molecule has 4 aromatic rings. The van der Waals surface area contributed by atoms with Gasteiger partial charge in [-0.1, -0.05) is 11.6 Å². The van der Waals surface area contributed by atoms with Crippen LogP contribution in [0.15, 0.2) is 60.7 Å². The van der Waals surface area contributed by atoms with Gasteiger partial charge in [-0.15, -0.1) is 0 Å². The molecule has 0 unspecified atom stereocenters. The number of pyridine rings is 1. The molecule has 188 valence electrons. The number of rotatable bonds is 5. The molecule has 1 fully saturated rings. The van der Waals surface area contributed by atoms with Gasteiger partial charge in [-0.05, 0) is 60.7 Å². The lowest BCUT2D eigenvalue weighted by atomic mass is 10.1. The molecule has 2 aromatic carbocycles. The average molecular weight is 520 g/mol. The van der Waals surface area contributed by atoms with Crippen LogP contribution >= 0.6 is 11.6 Å². The molecule has 5 rings (SSSR count). The number of piperazine rings is 1. The standard InChI is InChI=1S/C26H23ClFN7O2/c27-17-3-7-19(8-4-17)30-22(36)15-23(37)34-11-13-35(14-12-34)25-24-21(32-26(29)33-25)10-9-20(31-24)16-1-5-18(28)6-2-16/h1-10H,11-15H2,(H,30,36)(H2,29,32,33). The summed E-state index contributed by atoms with van der Waals surface area (Å²) in [6.07, 6.45) is -0.255. The molecule has 2 aromatic heterocycles. The maximum absolute atomic E-state index is 13.4. The highest BCUT2D eigenvalue weighted by molar-refractivity contribution is 6.30. The van der Waals surface area contributed by atoms with Crippen molar-refractivity contribution in [1.82, 2.24) is 19.9 Å². The van der Waals surface area contributed by atoms with E-state index >= 15 is 0 Å². The Balaban J connectivity index is 1.27. The van der Waals surface area contributed by atoms with Crippen molar-refractivity contribution in [3.63, 3.8) is 0 Å². The van der Waals surface area contributed by atoms with Crippen molar-refractivity contribution in [2.75, 3.05) is 42.1 Å². The number of anilines is 3. The van der Waals surface area contributed by atoms with E-state index in [9.17, 15) is 14.0 Å². The maximum Gasteiger partial charge on any atom is 0.233 e. The Morgan fingerprint density at radius 3 is 2.32 bits per heavy atom. The van der Waals surface area contributed by atoms with E-state index in [-0.39, 0.29) is 30.0 Å². The van der Waals surface area contributed by atoms with E-state index in [0.29, 0.717) is 59.4 Å². The Bertz CT molecular complexity index is 1460. The van der Waals surface area contributed by atoms with Crippen LogP contribution in [0.2, 0.25) is 5.02 Å². The van der Waals surface area contributed by atoms with Gasteiger partial charge in [-0.3, -0.25) is 9.59 Å². The number of carbonyl (C=O) groups excluding carboxylic acids is 2. The lowest BCUT2D eigenvalue weighted by molar-refractivity contribution is -0.134. The van der Waals surface area contributed by atoms with Crippen molar-refractivity contribution >= 4 is 51.9 Å². The zero-order valence-electron chi connectivity index (χ0n) is 19.7. The molecule has 0 aliphatic carbocycles. The highest BCUT2D eigenvalue weighted by Gasteiger charge is 2.25. The normalized spacial score (nSPS) is 13.6. The molecule has 1 aliphatic rings. The number of nitrogens with zero attached hydrogens (tertiary/aromatic N) is 5. The number of nitrogens with two attached hydrogens (primary N) is 1. The molecule has 2 amide bonds. The van der Waals surface area contributed by atoms with Crippen LogP contribution in [0, 0.1) is 5.82 Å². The highest BCUT2D eigenvalue weighted by atomic mass is 35.5. The summed E-state index contributed by atoms with van der Waals surface area (Å²) in [6, 6.07) is 16.4. The fourth-order valence-electron chi connectivity index (χ4n) is 4.17. The molecule has 1 saturated heterocycles. The second kappa shape index (κ2) is 10.4. The van der Waals surface area contributed by atoms with E-state index in [1.165, 1.54) is 12.1 Å². The van der Waals surface area contributed by atoms with E-state index in [4.69, 9.17) is 22.3 Å². The molecule has 11 heteroatoms. The molecule has 0 bridgehead atoms. The van der Waals surface area contributed by atoms with Crippen molar-refractivity contribution in [1.29, 1.82) is 0 Å². The Hall–Kier alpha value is -4.31. The third-order valence-corrected chi connectivity index (χ3v) is 6.30. The van der Waals surface area contributed by atoms with Gasteiger partial charge in [0.25, 0.3) is 0 Å². The van der Waals surface area contributed by atoms with E-state index in [0.717, 1.165) is 5.56 Å². The summed E-state index contributed by atoms with van der Waals surface area (Å²) in [7, 11) is 0. The van der Waals surface area contributed by atoms with E-state index in [1.807, 2.05) is 11.0 Å². The number of hydrogen-bond donors (Lipinski definition) is 2. The first-order chi connectivity index (χ1) is 17.9. The number of nitrogens with one attached hydrogen (secondary N) is 1. The highest BCUT2D eigenvalue weighted by Crippen LogP contribution is 2.28. The van der Waals surface area contributed by atoms with E-state index in [2.05, 4.69) is 15.3 Å². The summed E-state index contributed by atoms with van der Waals surface area (Å²) >= 11 is 5.86. The third kappa shape index (κ3) is 5.59. The summed E-state index contributed by atoms with van der Waals surface area (Å²) in [6.45, 7) is 1.79. The smallest absolute Gasteiger partial charge is 0.233 e. The van der Waals surface area contributed by atoms with E-state index < -0.39 is 0 Å². The molecule has 9 nitrogen and oxygen atoms in total. The molecule has 3 heterocycles. The number of nitrogen functional groups attached to an aromatic ring is 1. The fourth-order valence-corrected chi connectivity index (χ4v) is 4.30. The second-order valence-electron chi connectivity index (χ2n) is 8.58. The van der Waals surface area contributed by atoms with Gasteiger partial charge in [0.2, 0.25) is 17.8 Å². The van der Waals surface area contributed by atoms with Crippen LogP contribution in [-0.2, 0) is 9.59 Å². The van der Waals surface area contributed by atoms with Gasteiger partial charge in [0, 0.05) is 42.5 Å². The minimum Gasteiger partial charge on any atom is -0.368 e. The van der Waals surface area contributed by atoms with Gasteiger partial charge in [-0.2, -0.15) is 4.98 Å². The minimum atomic E-state index is -0.387. The first-order valence-electron chi connectivity index (χ1n) is 11.6. The number of benzene rings is 2. The fraction of sp³-hybridized carbons (Fsp3) is 0.192. The molecule has 3 N–H and O–H groups in total. The summed E-state index contributed by atoms with van der Waals surface area (Å²) < 4.78 is 13.4. The Morgan fingerprint density at radius 2 is 1.62 bits per heavy atom. The largest absolute Gasteiger partial charge is 0.368 e. The second-order valence-corrected chi connectivity index (χ2v) is 9.01. The first kappa shape index (κ1) is 24.4. The number of carbonyl (C=O) groups is 2. The monoisotopic (exact) mass is 519 g/mol. The van der Waals surface area contributed by atoms with Gasteiger partial charge in [-0.25, -0.2) is 14.4 Å². The predicted molar refractivity (Wildman–Crippen MR) is 141 cm³/mol. The van der Waals surface area contributed by atoms with Crippen LogP contribution in [0.25, 0.3) is 22.3 Å². The van der Waals surface area contributed by atoms with Crippen molar-refractivity contribution in [2.45, 2.75) is 6.42 Å². The Morgan fingerprint density at radius 1 is 0.919 bits per heavy atom. The van der Waals surface area contributed by atoms with Crippen molar-refractivity contribution in [3.8, 4) is 11.3 Å². The maximum atomic E-state index is 13.4. The summed E-state index contributed by atoms with van der Waals surface area (Å²) in [5.41, 5.74) is 9.12. The van der Waals surface area contributed by atoms with Crippen LogP contribution in [0.4, 0.5) is 21.8 Å².